The van der Waals surface area contributed by atoms with Crippen LogP contribution < -0.4 is 10.1 Å². The lowest BCUT2D eigenvalue weighted by atomic mass is 10.0. The first-order chi connectivity index (χ1) is 16.4. The van der Waals surface area contributed by atoms with Crippen LogP contribution in [0.2, 0.25) is 0 Å². The lowest BCUT2D eigenvalue weighted by Crippen LogP contribution is -2.49. The molecule has 1 heterocycles. The van der Waals surface area contributed by atoms with Crippen LogP contribution in [0.4, 0.5) is 9.18 Å². The number of nitrogens with zero attached hydrogens (tertiary/aromatic N) is 2. The Kier molecular flexibility index (Phi) is 6.48. The second-order valence-electron chi connectivity index (χ2n) is 8.31. The summed E-state index contributed by atoms with van der Waals surface area (Å²) in [7, 11) is 1.96. The first-order valence-corrected chi connectivity index (χ1v) is 10.7. The number of hydrogen-bond acceptors (Lipinski definition) is 3. The quantitative estimate of drug-likeness (QED) is 0.661. The molecule has 6 heteroatoms. The van der Waals surface area contributed by atoms with Gasteiger partial charge in [0, 0.05) is 19.0 Å². The normalized spacial score (nSPS) is 18.0. The smallest absolute Gasteiger partial charge is 0.318 e. The van der Waals surface area contributed by atoms with E-state index in [9.17, 15) is 9.18 Å². The molecule has 0 saturated carbocycles. The number of nitrogens with one attached hydrogen (secondary N) is 1. The van der Waals surface area contributed by atoms with Gasteiger partial charge in [-0.05, 0) is 74.3 Å². The van der Waals surface area contributed by atoms with Crippen molar-refractivity contribution in [2.45, 2.75) is 45.7 Å². The molecular weight excluding hydrogens is 393 g/mol. The van der Waals surface area contributed by atoms with Gasteiger partial charge in [-0.15, -0.1) is 0 Å². The van der Waals surface area contributed by atoms with Crippen LogP contribution in [-0.4, -0.2) is 48.6 Å². The number of carbonyl (C=O) groups excluding carboxylic acids is 1. The van der Waals surface area contributed by atoms with Gasteiger partial charge in [-0.25, -0.2) is 9.18 Å². The summed E-state index contributed by atoms with van der Waals surface area (Å²) in [5.41, 5.74) is 0.341. The van der Waals surface area contributed by atoms with Crippen LogP contribution in [0.15, 0.2) is 48.5 Å². The molecule has 0 radical (unpaired) electrons. The van der Waals surface area contributed by atoms with E-state index in [1.54, 1.807) is 24.3 Å². The Bertz CT molecular complexity index is 979. The number of halogens is 1. The van der Waals surface area contributed by atoms with Gasteiger partial charge in [-0.2, -0.15) is 0 Å². The van der Waals surface area contributed by atoms with Gasteiger partial charge >= 0.3 is 6.03 Å². The highest BCUT2D eigenvalue weighted by Gasteiger charge is 2.27. The van der Waals surface area contributed by atoms with Crippen molar-refractivity contribution in [3.8, 4) is 5.75 Å². The highest BCUT2D eigenvalue weighted by molar-refractivity contribution is 5.74. The van der Waals surface area contributed by atoms with Crippen molar-refractivity contribution in [3.63, 3.8) is 0 Å². The van der Waals surface area contributed by atoms with Gasteiger partial charge in [0.1, 0.15) is 11.6 Å². The maximum Gasteiger partial charge on any atom is 0.318 e. The largest absolute Gasteiger partial charge is 0.493 e. The van der Waals surface area contributed by atoms with E-state index in [1.807, 2.05) is 20.9 Å². The number of urea groups is 1. The van der Waals surface area contributed by atoms with E-state index in [0.717, 1.165) is 17.0 Å². The fraction of sp³-hybridized carbons (Fsp3) is 0.480. The summed E-state index contributed by atoms with van der Waals surface area (Å²) in [5.74, 6) is 0.448. The van der Waals surface area contributed by atoms with Gasteiger partial charge in [0.05, 0.1) is 12.1 Å². The van der Waals surface area contributed by atoms with Crippen LogP contribution in [-0.2, 0) is 13.0 Å². The van der Waals surface area contributed by atoms with E-state index in [1.165, 1.54) is 12.1 Å². The predicted molar refractivity (Wildman–Crippen MR) is 121 cm³/mol. The zero-order chi connectivity index (χ0) is 25.8. The summed E-state index contributed by atoms with van der Waals surface area (Å²) in [6.07, 6.45) is 1.07. The van der Waals surface area contributed by atoms with Crippen LogP contribution in [0.25, 0.3) is 0 Å². The molecule has 168 valence electrons. The molecule has 1 aliphatic rings. The number of likely N-dealkylation sites (tertiary alicyclic amines) is 1. The summed E-state index contributed by atoms with van der Waals surface area (Å²) < 4.78 is 53.7. The first-order valence-electron chi connectivity index (χ1n) is 12.7. The fourth-order valence-electron chi connectivity index (χ4n) is 3.31. The zero-order valence-electron chi connectivity index (χ0n) is 22.4. The van der Waals surface area contributed by atoms with Gasteiger partial charge < -0.3 is 19.9 Å². The first kappa shape index (κ1) is 18.0. The molecule has 2 amide bonds. The lowest BCUT2D eigenvalue weighted by Gasteiger charge is -2.37. The van der Waals surface area contributed by atoms with Crippen LogP contribution in [0.1, 0.15) is 43.3 Å². The molecule has 3 rings (SSSR count). The van der Waals surface area contributed by atoms with Crippen LogP contribution >= 0.6 is 0 Å². The third kappa shape index (κ3) is 7.24. The number of amides is 2. The minimum atomic E-state index is -2.27. The minimum Gasteiger partial charge on any atom is -0.493 e. The molecule has 0 aliphatic carbocycles. The molecule has 1 aliphatic heterocycles. The Hall–Kier alpha value is -2.60. The summed E-state index contributed by atoms with van der Waals surface area (Å²) in [6.45, 7) is 1.43. The summed E-state index contributed by atoms with van der Waals surface area (Å²) >= 11 is 0. The van der Waals surface area contributed by atoms with Crippen molar-refractivity contribution >= 4 is 6.03 Å². The average Bonchev–Trinajstić information content (AvgIpc) is 2.79. The van der Waals surface area contributed by atoms with Gasteiger partial charge in [-0.3, -0.25) is 0 Å². The van der Waals surface area contributed by atoms with Gasteiger partial charge in [0.25, 0.3) is 0 Å². The van der Waals surface area contributed by atoms with Gasteiger partial charge in [0.2, 0.25) is 0 Å². The second-order valence-corrected chi connectivity index (χ2v) is 8.31. The number of rotatable bonds is 8. The molecule has 0 spiro atoms. The topological polar surface area (TPSA) is 44.8 Å². The molecule has 1 saturated heterocycles. The van der Waals surface area contributed by atoms with Crippen molar-refractivity contribution in [2.75, 3.05) is 26.7 Å². The number of carbonyl (C=O) groups is 1. The Morgan fingerprint density at radius 3 is 2.39 bits per heavy atom. The third-order valence-electron chi connectivity index (χ3n) is 5.12. The van der Waals surface area contributed by atoms with Crippen LogP contribution in [0, 0.1) is 11.7 Å². The lowest BCUT2D eigenvalue weighted by molar-refractivity contribution is 0.127. The molecule has 0 unspecified atom stereocenters. The predicted octanol–water partition coefficient (Wildman–Crippen LogP) is 4.67. The van der Waals surface area contributed by atoms with E-state index >= 15 is 0 Å². The fourth-order valence-corrected chi connectivity index (χ4v) is 3.31. The van der Waals surface area contributed by atoms with Crippen molar-refractivity contribution in [1.29, 1.82) is 0 Å². The Labute approximate surface area is 190 Å². The molecule has 5 nitrogen and oxygen atoms in total. The summed E-state index contributed by atoms with van der Waals surface area (Å²) in [5, 5.41) is 2.39. The van der Waals surface area contributed by atoms with Gasteiger partial charge in [0.15, 0.2) is 0 Å². The highest BCUT2D eigenvalue weighted by Crippen LogP contribution is 2.19. The standard InChI is InChI=1S/C25H34FN3O2/c1-19(2)18-31-24-10-6-20(7-11-24)16-27-25(30)29(23-12-14-28(3)15-13-23)17-21-4-8-22(26)9-5-21/h4-11,19,23H,12-18H2,1-3H3,(H,27,30)/i16D2,17D2. The molecule has 0 atom stereocenters. The maximum absolute atomic E-state index is 13.5. The molecule has 0 aromatic heterocycles. The van der Waals surface area contributed by atoms with Crippen molar-refractivity contribution < 1.29 is 19.4 Å². The summed E-state index contributed by atoms with van der Waals surface area (Å²) in [4.78, 5) is 16.6. The second kappa shape index (κ2) is 11.1. The van der Waals surface area contributed by atoms with Crippen molar-refractivity contribution in [3.05, 3.63) is 65.5 Å². The minimum absolute atomic E-state index is 0.125. The molecule has 31 heavy (non-hydrogen) atoms. The maximum atomic E-state index is 13.5. The number of piperidine rings is 1. The van der Waals surface area contributed by atoms with Crippen molar-refractivity contribution in [2.24, 2.45) is 5.92 Å². The van der Waals surface area contributed by atoms with Crippen molar-refractivity contribution in [1.82, 2.24) is 15.1 Å². The molecule has 1 fully saturated rings. The Balaban J connectivity index is 1.84. The molecule has 1 N–H and O–H groups in total. The number of ether oxygens (including phenoxy) is 1. The van der Waals surface area contributed by atoms with Gasteiger partial charge in [-0.1, -0.05) is 38.1 Å². The van der Waals surface area contributed by atoms with E-state index < -0.39 is 30.9 Å². The number of benzene rings is 2. The Morgan fingerprint density at radius 2 is 1.77 bits per heavy atom. The monoisotopic (exact) mass is 431 g/mol. The van der Waals surface area contributed by atoms with E-state index in [4.69, 9.17) is 10.2 Å². The molecule has 0 bridgehead atoms. The van der Waals surface area contributed by atoms with E-state index in [-0.39, 0.29) is 11.1 Å². The van der Waals surface area contributed by atoms with E-state index in [2.05, 4.69) is 10.2 Å². The van der Waals surface area contributed by atoms with Crippen LogP contribution in [0.3, 0.4) is 0 Å². The molecule has 2 aromatic rings. The highest BCUT2D eigenvalue weighted by atomic mass is 19.1. The molecule has 2 aromatic carbocycles. The number of hydrogen-bond donors (Lipinski definition) is 1. The third-order valence-corrected chi connectivity index (χ3v) is 5.12. The summed E-state index contributed by atoms with van der Waals surface area (Å²) in [6, 6.07) is 10.0. The zero-order valence-corrected chi connectivity index (χ0v) is 18.4. The van der Waals surface area contributed by atoms with Crippen LogP contribution in [0.5, 0.6) is 5.75 Å². The van der Waals surface area contributed by atoms with E-state index in [0.29, 0.717) is 44.2 Å². The average molecular weight is 432 g/mol. The SMILES string of the molecule is [2H]C([2H])(NC(=O)N(C1CCN(C)CC1)C([2H])([2H])c1ccc(F)cc1)c1ccc(OCC(C)C)cc1. The Morgan fingerprint density at radius 1 is 1.16 bits per heavy atom. The molecular formula is C25H34FN3O2.